The molecule has 1 aromatic rings. The van der Waals surface area contributed by atoms with Crippen molar-refractivity contribution >= 4 is 19.7 Å². The lowest BCUT2D eigenvalue weighted by Gasteiger charge is -2.08. The van der Waals surface area contributed by atoms with E-state index in [4.69, 9.17) is 24.9 Å². The third-order valence-electron chi connectivity index (χ3n) is 2.31. The van der Waals surface area contributed by atoms with Crippen molar-refractivity contribution in [3.8, 4) is 11.5 Å². The summed E-state index contributed by atoms with van der Waals surface area (Å²) in [7, 11) is 3.17. The van der Waals surface area contributed by atoms with E-state index in [1.54, 1.807) is 19.2 Å². The van der Waals surface area contributed by atoms with Crippen LogP contribution in [-0.2, 0) is 26.1 Å². The van der Waals surface area contributed by atoms with Crippen LogP contribution in [0, 0.1) is 0 Å². The molecule has 0 spiro atoms. The average Bonchev–Trinajstić information content (AvgIpc) is 2.69. The molecule has 1 aromatic carbocycles. The van der Waals surface area contributed by atoms with Crippen LogP contribution in [0.4, 0.5) is 0 Å². The van der Waals surface area contributed by atoms with E-state index < -0.39 is 9.05 Å². The SMILES string of the molecule is COCc1ccc(CS(=O)(=O)Cl)c2c1OCO2. The number of rotatable bonds is 4. The molecule has 0 aliphatic carbocycles. The van der Waals surface area contributed by atoms with E-state index in [9.17, 15) is 8.42 Å². The second kappa shape index (κ2) is 4.72. The zero-order valence-electron chi connectivity index (χ0n) is 9.10. The van der Waals surface area contributed by atoms with Crippen LogP contribution in [0.25, 0.3) is 0 Å². The molecule has 0 radical (unpaired) electrons. The zero-order valence-corrected chi connectivity index (χ0v) is 10.7. The Morgan fingerprint density at radius 3 is 2.47 bits per heavy atom. The number of hydrogen-bond donors (Lipinski definition) is 0. The fourth-order valence-electron chi connectivity index (χ4n) is 1.68. The Labute approximate surface area is 104 Å². The quantitative estimate of drug-likeness (QED) is 0.784. The van der Waals surface area contributed by atoms with Gasteiger partial charge in [-0.1, -0.05) is 12.1 Å². The van der Waals surface area contributed by atoms with Gasteiger partial charge in [0.1, 0.15) is 0 Å². The second-order valence-corrected chi connectivity index (χ2v) is 6.34. The molecule has 1 heterocycles. The van der Waals surface area contributed by atoms with Gasteiger partial charge in [-0.3, -0.25) is 0 Å². The number of ether oxygens (including phenoxy) is 3. The maximum absolute atomic E-state index is 11.1. The molecule has 17 heavy (non-hydrogen) atoms. The zero-order chi connectivity index (χ0) is 12.5. The van der Waals surface area contributed by atoms with Crippen LogP contribution in [0.15, 0.2) is 12.1 Å². The minimum absolute atomic E-state index is 0.0748. The van der Waals surface area contributed by atoms with Crippen molar-refractivity contribution in [1.82, 2.24) is 0 Å². The molecule has 1 aliphatic heterocycles. The van der Waals surface area contributed by atoms with Crippen molar-refractivity contribution < 1.29 is 22.6 Å². The lowest BCUT2D eigenvalue weighted by atomic mass is 10.1. The largest absolute Gasteiger partial charge is 0.453 e. The molecule has 94 valence electrons. The number of hydrogen-bond acceptors (Lipinski definition) is 5. The van der Waals surface area contributed by atoms with Gasteiger partial charge in [0.25, 0.3) is 0 Å². The smallest absolute Gasteiger partial charge is 0.236 e. The van der Waals surface area contributed by atoms with Crippen LogP contribution in [0.5, 0.6) is 11.5 Å². The van der Waals surface area contributed by atoms with Crippen LogP contribution in [0.3, 0.4) is 0 Å². The van der Waals surface area contributed by atoms with E-state index in [-0.39, 0.29) is 12.5 Å². The Bertz CT molecular complexity index is 526. The van der Waals surface area contributed by atoms with E-state index in [2.05, 4.69) is 0 Å². The molecule has 0 saturated carbocycles. The maximum atomic E-state index is 11.1. The summed E-state index contributed by atoms with van der Waals surface area (Å²) in [6.07, 6.45) is 0. The van der Waals surface area contributed by atoms with Gasteiger partial charge in [-0.05, 0) is 0 Å². The highest BCUT2D eigenvalue weighted by Gasteiger charge is 2.23. The maximum Gasteiger partial charge on any atom is 0.236 e. The van der Waals surface area contributed by atoms with Gasteiger partial charge in [0.2, 0.25) is 15.8 Å². The molecular weight excluding hydrogens is 268 g/mol. The summed E-state index contributed by atoms with van der Waals surface area (Å²) in [5.74, 6) is 0.682. The molecule has 0 saturated heterocycles. The topological polar surface area (TPSA) is 61.8 Å². The Kier molecular flexibility index (Phi) is 3.46. The molecule has 0 N–H and O–H groups in total. The summed E-state index contributed by atoms with van der Waals surface area (Å²) in [6, 6.07) is 3.40. The highest BCUT2D eigenvalue weighted by Crippen LogP contribution is 2.40. The Morgan fingerprint density at radius 2 is 1.88 bits per heavy atom. The number of benzene rings is 1. The highest BCUT2D eigenvalue weighted by molar-refractivity contribution is 8.13. The lowest BCUT2D eigenvalue weighted by molar-refractivity contribution is 0.162. The van der Waals surface area contributed by atoms with Crippen molar-refractivity contribution in [2.45, 2.75) is 12.4 Å². The van der Waals surface area contributed by atoms with Gasteiger partial charge in [0.05, 0.1) is 12.4 Å². The summed E-state index contributed by atoms with van der Waals surface area (Å²) in [5.41, 5.74) is 1.31. The van der Waals surface area contributed by atoms with Crippen LogP contribution in [0.2, 0.25) is 0 Å². The van der Waals surface area contributed by atoms with Crippen LogP contribution >= 0.6 is 10.7 Å². The number of fused-ring (bicyclic) bond motifs is 1. The Hall–Kier alpha value is -0.980. The van der Waals surface area contributed by atoms with Crippen LogP contribution < -0.4 is 9.47 Å². The monoisotopic (exact) mass is 278 g/mol. The van der Waals surface area contributed by atoms with Gasteiger partial charge in [-0.25, -0.2) is 8.42 Å². The predicted molar refractivity (Wildman–Crippen MR) is 61.8 cm³/mol. The Balaban J connectivity index is 2.40. The molecule has 0 bridgehead atoms. The van der Waals surface area contributed by atoms with E-state index in [0.29, 0.717) is 23.7 Å². The minimum atomic E-state index is -3.62. The summed E-state index contributed by atoms with van der Waals surface area (Å²) in [4.78, 5) is 0. The fraction of sp³-hybridized carbons (Fsp3) is 0.400. The molecule has 1 aliphatic rings. The molecule has 0 fully saturated rings. The minimum Gasteiger partial charge on any atom is -0.453 e. The Morgan fingerprint density at radius 1 is 1.29 bits per heavy atom. The molecule has 0 aromatic heterocycles. The van der Waals surface area contributed by atoms with Gasteiger partial charge in [0.15, 0.2) is 11.5 Å². The normalized spacial score (nSPS) is 14.0. The van der Waals surface area contributed by atoms with Crippen LogP contribution in [-0.4, -0.2) is 22.3 Å². The van der Waals surface area contributed by atoms with Crippen molar-refractivity contribution in [3.05, 3.63) is 23.3 Å². The number of methoxy groups -OCH3 is 1. The highest BCUT2D eigenvalue weighted by atomic mass is 35.7. The fourth-order valence-corrected chi connectivity index (χ4v) is 2.63. The first-order valence-electron chi connectivity index (χ1n) is 4.83. The summed E-state index contributed by atoms with van der Waals surface area (Å²) < 4.78 is 37.7. The van der Waals surface area contributed by atoms with E-state index in [1.165, 1.54) is 0 Å². The number of halogens is 1. The molecule has 5 nitrogen and oxygen atoms in total. The first-order valence-corrected chi connectivity index (χ1v) is 7.31. The third kappa shape index (κ3) is 2.83. The van der Waals surface area contributed by atoms with E-state index in [1.807, 2.05) is 0 Å². The molecular formula is C10H11ClO5S. The summed E-state index contributed by atoms with van der Waals surface area (Å²) in [6.45, 7) is 0.449. The van der Waals surface area contributed by atoms with Crippen LogP contribution in [0.1, 0.15) is 11.1 Å². The lowest BCUT2D eigenvalue weighted by Crippen LogP contribution is -1.98. The van der Waals surface area contributed by atoms with Crippen molar-refractivity contribution in [2.75, 3.05) is 13.9 Å². The second-order valence-electron chi connectivity index (χ2n) is 3.56. The average molecular weight is 279 g/mol. The predicted octanol–water partition coefficient (Wildman–Crippen LogP) is 1.63. The first-order chi connectivity index (χ1) is 8.01. The van der Waals surface area contributed by atoms with E-state index in [0.717, 1.165) is 5.56 Å². The van der Waals surface area contributed by atoms with Crippen molar-refractivity contribution in [2.24, 2.45) is 0 Å². The summed E-state index contributed by atoms with van der Waals surface area (Å²) in [5, 5.41) is 0. The van der Waals surface area contributed by atoms with Crippen molar-refractivity contribution in [1.29, 1.82) is 0 Å². The third-order valence-corrected chi connectivity index (χ3v) is 3.29. The van der Waals surface area contributed by atoms with Crippen molar-refractivity contribution in [3.63, 3.8) is 0 Å². The standard InChI is InChI=1S/C10H11ClO5S/c1-14-4-7-2-3-8(5-17(11,12)13)10-9(7)15-6-16-10/h2-3H,4-6H2,1H3. The summed E-state index contributed by atoms with van der Waals surface area (Å²) >= 11 is 0. The molecule has 2 rings (SSSR count). The van der Waals surface area contributed by atoms with Gasteiger partial charge < -0.3 is 14.2 Å². The molecule has 0 amide bonds. The molecule has 0 atom stereocenters. The van der Waals surface area contributed by atoms with Gasteiger partial charge >= 0.3 is 0 Å². The van der Waals surface area contributed by atoms with Gasteiger partial charge in [-0.2, -0.15) is 0 Å². The molecule has 7 heteroatoms. The first kappa shape index (κ1) is 12.5. The molecule has 0 unspecified atom stereocenters. The van der Waals surface area contributed by atoms with Gasteiger partial charge in [-0.15, -0.1) is 0 Å². The van der Waals surface area contributed by atoms with Gasteiger partial charge in [0, 0.05) is 28.9 Å². The van der Waals surface area contributed by atoms with E-state index >= 15 is 0 Å².